The van der Waals surface area contributed by atoms with E-state index >= 15 is 0 Å². The lowest BCUT2D eigenvalue weighted by molar-refractivity contribution is -0.705. The lowest BCUT2D eigenvalue weighted by atomic mass is 10.3. The van der Waals surface area contributed by atoms with Crippen molar-refractivity contribution in [2.24, 2.45) is 0 Å². The SMILES string of the molecule is C1C[NH2+]C1.[Br-]. The van der Waals surface area contributed by atoms with Gasteiger partial charge in [-0.1, -0.05) is 0 Å². The quantitative estimate of drug-likeness (QED) is 0.351. The number of hydrogen-bond acceptors (Lipinski definition) is 0. The van der Waals surface area contributed by atoms with Gasteiger partial charge in [-0.15, -0.1) is 0 Å². The summed E-state index contributed by atoms with van der Waals surface area (Å²) in [5, 5.41) is 2.31. The summed E-state index contributed by atoms with van der Waals surface area (Å²) in [5.74, 6) is 0. The van der Waals surface area contributed by atoms with E-state index in [1.807, 2.05) is 0 Å². The predicted molar refractivity (Wildman–Crippen MR) is 16.3 cm³/mol. The molecule has 5 heavy (non-hydrogen) atoms. The molecule has 1 saturated heterocycles. The van der Waals surface area contributed by atoms with E-state index in [4.69, 9.17) is 0 Å². The van der Waals surface area contributed by atoms with Gasteiger partial charge in [0.2, 0.25) is 0 Å². The highest BCUT2D eigenvalue weighted by molar-refractivity contribution is 4.32. The Morgan fingerprint density at radius 1 is 1.20 bits per heavy atom. The molecule has 0 amide bonds. The number of nitrogens with two attached hydrogens (primary N) is 1. The van der Waals surface area contributed by atoms with Crippen molar-refractivity contribution in [3.63, 3.8) is 0 Å². The summed E-state index contributed by atoms with van der Waals surface area (Å²) in [5.41, 5.74) is 0. The first kappa shape index (κ1) is 5.44. The van der Waals surface area contributed by atoms with Crippen molar-refractivity contribution in [3.8, 4) is 0 Å². The van der Waals surface area contributed by atoms with E-state index in [-0.39, 0.29) is 17.0 Å². The summed E-state index contributed by atoms with van der Waals surface area (Å²) in [7, 11) is 0. The Morgan fingerprint density at radius 2 is 1.40 bits per heavy atom. The van der Waals surface area contributed by atoms with Crippen molar-refractivity contribution in [3.05, 3.63) is 0 Å². The summed E-state index contributed by atoms with van der Waals surface area (Å²) >= 11 is 0. The molecule has 0 radical (unpaired) electrons. The van der Waals surface area contributed by atoms with Crippen molar-refractivity contribution >= 4 is 0 Å². The van der Waals surface area contributed by atoms with Gasteiger partial charge in [0.15, 0.2) is 0 Å². The molecule has 0 aromatic carbocycles. The van der Waals surface area contributed by atoms with Crippen molar-refractivity contribution in [1.29, 1.82) is 0 Å². The number of quaternary nitrogens is 1. The van der Waals surface area contributed by atoms with Crippen LogP contribution in [0, 0.1) is 0 Å². The Hall–Kier alpha value is 0.440. The fourth-order valence-corrected chi connectivity index (χ4v) is 0.204. The average molecular weight is 138 g/mol. The van der Waals surface area contributed by atoms with Crippen LogP contribution in [-0.2, 0) is 0 Å². The zero-order chi connectivity index (χ0) is 2.83. The molecule has 1 aliphatic rings. The van der Waals surface area contributed by atoms with Crippen LogP contribution in [0.2, 0.25) is 0 Å². The van der Waals surface area contributed by atoms with Crippen LogP contribution in [-0.4, -0.2) is 13.1 Å². The maximum atomic E-state index is 2.31. The summed E-state index contributed by atoms with van der Waals surface area (Å²) in [4.78, 5) is 0. The minimum Gasteiger partial charge on any atom is -1.00 e. The topological polar surface area (TPSA) is 16.6 Å². The molecule has 1 heterocycles. The lowest BCUT2D eigenvalue weighted by Gasteiger charge is -2.05. The molecule has 0 bridgehead atoms. The van der Waals surface area contributed by atoms with E-state index < -0.39 is 0 Å². The zero-order valence-corrected chi connectivity index (χ0v) is 4.66. The standard InChI is InChI=1S/C3H7N.BrH/c1-2-4-3-1;/h4H,1-3H2;1H. The molecule has 0 saturated carbocycles. The maximum Gasteiger partial charge on any atom is 0.0809 e. The number of rotatable bonds is 0. The molecule has 0 aromatic rings. The largest absolute Gasteiger partial charge is 1.00 e. The van der Waals surface area contributed by atoms with E-state index in [1.54, 1.807) is 0 Å². The van der Waals surface area contributed by atoms with Crippen molar-refractivity contribution in [2.75, 3.05) is 13.1 Å². The van der Waals surface area contributed by atoms with Crippen LogP contribution < -0.4 is 22.3 Å². The van der Waals surface area contributed by atoms with Gasteiger partial charge >= 0.3 is 0 Å². The Bertz CT molecular complexity index is 14.9. The van der Waals surface area contributed by atoms with Crippen LogP contribution in [0.5, 0.6) is 0 Å². The molecule has 32 valence electrons. The maximum absolute atomic E-state index is 2.31. The molecule has 0 atom stereocenters. The fourth-order valence-electron chi connectivity index (χ4n) is 0.204. The molecule has 0 aliphatic carbocycles. The molecule has 0 spiro atoms. The molecule has 0 aromatic heterocycles. The Balaban J connectivity index is 0.000000160. The molecular formula is C3H8BrN. The third-order valence-electron chi connectivity index (χ3n) is 0.816. The third-order valence-corrected chi connectivity index (χ3v) is 0.816. The van der Waals surface area contributed by atoms with Gasteiger partial charge in [0.25, 0.3) is 0 Å². The van der Waals surface area contributed by atoms with Crippen LogP contribution >= 0.6 is 0 Å². The van der Waals surface area contributed by atoms with E-state index in [0.29, 0.717) is 0 Å². The second-order valence-electron chi connectivity index (χ2n) is 1.22. The van der Waals surface area contributed by atoms with Gasteiger partial charge in [0.1, 0.15) is 0 Å². The number of hydrogen-bond donors (Lipinski definition) is 1. The lowest BCUT2D eigenvalue weighted by Crippen LogP contribution is -3.00. The second-order valence-corrected chi connectivity index (χ2v) is 1.22. The Labute approximate surface area is 42.5 Å². The highest BCUT2D eigenvalue weighted by Crippen LogP contribution is 1.67. The van der Waals surface area contributed by atoms with Gasteiger partial charge in [-0.2, -0.15) is 0 Å². The molecule has 1 fully saturated rings. The first-order valence-electron chi connectivity index (χ1n) is 1.82. The van der Waals surface area contributed by atoms with Crippen LogP contribution in [0.25, 0.3) is 0 Å². The minimum atomic E-state index is 0. The van der Waals surface area contributed by atoms with Gasteiger partial charge in [-0.25, -0.2) is 0 Å². The molecular weight excluding hydrogens is 130 g/mol. The molecule has 1 nitrogen and oxygen atoms in total. The van der Waals surface area contributed by atoms with Crippen LogP contribution in [0.4, 0.5) is 0 Å². The predicted octanol–water partition coefficient (Wildman–Crippen LogP) is -4.04. The second kappa shape index (κ2) is 2.67. The Kier molecular flexibility index (Phi) is 2.90. The van der Waals surface area contributed by atoms with Crippen LogP contribution in [0.3, 0.4) is 0 Å². The summed E-state index contributed by atoms with van der Waals surface area (Å²) in [6.45, 7) is 2.75. The number of halogens is 1. The highest BCUT2D eigenvalue weighted by atomic mass is 79.9. The van der Waals surface area contributed by atoms with Crippen LogP contribution in [0.15, 0.2) is 0 Å². The first-order valence-corrected chi connectivity index (χ1v) is 1.82. The molecule has 1 aliphatic heterocycles. The van der Waals surface area contributed by atoms with Crippen molar-refractivity contribution in [1.82, 2.24) is 0 Å². The summed E-state index contributed by atoms with van der Waals surface area (Å²) in [6, 6.07) is 0. The highest BCUT2D eigenvalue weighted by Gasteiger charge is 1.98. The monoisotopic (exact) mass is 137 g/mol. The Morgan fingerprint density at radius 3 is 1.40 bits per heavy atom. The van der Waals surface area contributed by atoms with Gasteiger partial charge < -0.3 is 22.3 Å². The smallest absolute Gasteiger partial charge is 0.0809 e. The van der Waals surface area contributed by atoms with Gasteiger partial charge in [0.05, 0.1) is 13.1 Å². The first-order chi connectivity index (χ1) is 2.00. The average Bonchev–Trinajstić information content (AvgIpc) is 0.722. The van der Waals surface area contributed by atoms with Gasteiger partial charge in [-0.3, -0.25) is 0 Å². The van der Waals surface area contributed by atoms with Crippen molar-refractivity contribution < 1.29 is 22.3 Å². The summed E-state index contributed by atoms with van der Waals surface area (Å²) < 4.78 is 0. The fraction of sp³-hybridized carbons (Fsp3) is 1.00. The summed E-state index contributed by atoms with van der Waals surface area (Å²) in [6.07, 6.45) is 1.44. The van der Waals surface area contributed by atoms with E-state index in [2.05, 4.69) is 5.32 Å². The minimum absolute atomic E-state index is 0. The van der Waals surface area contributed by atoms with Crippen molar-refractivity contribution in [2.45, 2.75) is 6.42 Å². The van der Waals surface area contributed by atoms with E-state index in [0.717, 1.165) is 0 Å². The normalized spacial score (nSPS) is 19.2. The zero-order valence-electron chi connectivity index (χ0n) is 3.08. The van der Waals surface area contributed by atoms with Gasteiger partial charge in [0, 0.05) is 6.42 Å². The molecule has 2 N–H and O–H groups in total. The molecule has 1 rings (SSSR count). The third kappa shape index (κ3) is 1.34. The molecule has 0 unspecified atom stereocenters. The van der Waals surface area contributed by atoms with Crippen LogP contribution in [0.1, 0.15) is 6.42 Å². The van der Waals surface area contributed by atoms with E-state index in [9.17, 15) is 0 Å². The molecule has 2 heteroatoms. The van der Waals surface area contributed by atoms with E-state index in [1.165, 1.54) is 19.5 Å². The van der Waals surface area contributed by atoms with Gasteiger partial charge in [-0.05, 0) is 0 Å².